The van der Waals surface area contributed by atoms with Gasteiger partial charge in [-0.25, -0.2) is 4.99 Å². The molecular formula is C17H12N2O5. The summed E-state index contributed by atoms with van der Waals surface area (Å²) in [4.78, 5) is 14.6. The van der Waals surface area contributed by atoms with E-state index in [9.17, 15) is 15.2 Å². The second-order valence-electron chi connectivity index (χ2n) is 5.38. The lowest BCUT2D eigenvalue weighted by Crippen LogP contribution is -2.06. The number of rotatable bonds is 3. The van der Waals surface area contributed by atoms with Crippen LogP contribution in [0, 0.1) is 10.1 Å². The molecule has 1 N–H and O–H groups in total. The highest BCUT2D eigenvalue weighted by Crippen LogP contribution is 2.35. The first-order valence-corrected chi connectivity index (χ1v) is 7.30. The molecule has 4 rings (SSSR count). The Morgan fingerprint density at radius 1 is 1.17 bits per heavy atom. The summed E-state index contributed by atoms with van der Waals surface area (Å²) >= 11 is 0. The van der Waals surface area contributed by atoms with Crippen molar-refractivity contribution >= 4 is 22.6 Å². The van der Waals surface area contributed by atoms with Crippen LogP contribution >= 0.6 is 0 Å². The van der Waals surface area contributed by atoms with Crippen LogP contribution in [0.4, 0.5) is 5.69 Å². The monoisotopic (exact) mass is 324 g/mol. The number of aromatic hydroxyl groups is 1. The first-order chi connectivity index (χ1) is 11.6. The van der Waals surface area contributed by atoms with Crippen LogP contribution in [0.25, 0.3) is 11.0 Å². The molecule has 1 atom stereocenters. The van der Waals surface area contributed by atoms with E-state index >= 15 is 0 Å². The lowest BCUT2D eigenvalue weighted by Gasteiger charge is -2.11. The zero-order valence-corrected chi connectivity index (χ0v) is 12.4. The van der Waals surface area contributed by atoms with Gasteiger partial charge in [0.1, 0.15) is 17.3 Å². The van der Waals surface area contributed by atoms with Gasteiger partial charge in [-0.2, -0.15) is 0 Å². The van der Waals surface area contributed by atoms with Crippen LogP contribution in [0.2, 0.25) is 0 Å². The minimum Gasteiger partial charge on any atom is -0.480 e. The van der Waals surface area contributed by atoms with Crippen LogP contribution in [-0.4, -0.2) is 22.5 Å². The summed E-state index contributed by atoms with van der Waals surface area (Å²) in [6.45, 7) is 0.367. The zero-order valence-electron chi connectivity index (χ0n) is 12.4. The van der Waals surface area contributed by atoms with Gasteiger partial charge in [0.25, 0.3) is 11.6 Å². The molecule has 2 aromatic carbocycles. The number of nitro groups is 1. The van der Waals surface area contributed by atoms with E-state index in [0.717, 1.165) is 10.9 Å². The molecule has 2 heterocycles. The number of furan rings is 1. The highest BCUT2D eigenvalue weighted by Gasteiger charge is 2.28. The van der Waals surface area contributed by atoms with E-state index < -0.39 is 4.92 Å². The number of non-ortho nitro benzene ring substituents is 1. The summed E-state index contributed by atoms with van der Waals surface area (Å²) < 4.78 is 11.2. The summed E-state index contributed by atoms with van der Waals surface area (Å²) in [6, 6.07) is 13.4. The van der Waals surface area contributed by atoms with Gasteiger partial charge in [-0.3, -0.25) is 10.1 Å². The van der Waals surface area contributed by atoms with Crippen molar-refractivity contribution in [1.82, 2.24) is 0 Å². The van der Waals surface area contributed by atoms with Crippen LogP contribution in [0.15, 0.2) is 57.9 Å². The molecule has 1 unspecified atom stereocenters. The molecule has 1 aliphatic heterocycles. The molecule has 0 amide bonds. The molecule has 0 radical (unpaired) electrons. The van der Waals surface area contributed by atoms with Crippen molar-refractivity contribution in [2.45, 2.75) is 6.10 Å². The summed E-state index contributed by atoms with van der Waals surface area (Å²) in [5.74, 6) is 0.0695. The first kappa shape index (κ1) is 14.3. The largest absolute Gasteiger partial charge is 0.480 e. The summed E-state index contributed by atoms with van der Waals surface area (Å²) in [5.41, 5.74) is 1.79. The van der Waals surface area contributed by atoms with Crippen molar-refractivity contribution in [3.8, 4) is 5.95 Å². The van der Waals surface area contributed by atoms with Crippen molar-refractivity contribution < 1.29 is 19.2 Å². The molecule has 0 saturated heterocycles. The predicted molar refractivity (Wildman–Crippen MR) is 86.2 cm³/mol. The number of hydrogen-bond acceptors (Lipinski definition) is 6. The van der Waals surface area contributed by atoms with Gasteiger partial charge in [0, 0.05) is 17.5 Å². The number of nitro benzene ring substituents is 1. The highest BCUT2D eigenvalue weighted by molar-refractivity contribution is 6.08. The Labute approximate surface area is 136 Å². The average molecular weight is 324 g/mol. The Morgan fingerprint density at radius 3 is 2.67 bits per heavy atom. The van der Waals surface area contributed by atoms with Gasteiger partial charge in [-0.05, 0) is 23.8 Å². The highest BCUT2D eigenvalue weighted by atomic mass is 16.6. The number of hydrogen-bond donors (Lipinski definition) is 1. The van der Waals surface area contributed by atoms with Crippen LogP contribution in [0.5, 0.6) is 5.95 Å². The maximum Gasteiger partial charge on any atom is 0.296 e. The third-order valence-corrected chi connectivity index (χ3v) is 3.92. The van der Waals surface area contributed by atoms with E-state index in [2.05, 4.69) is 4.99 Å². The van der Waals surface area contributed by atoms with Crippen molar-refractivity contribution in [2.75, 3.05) is 6.54 Å². The predicted octanol–water partition coefficient (Wildman–Crippen LogP) is 3.56. The Balaban J connectivity index is 1.61. The minimum atomic E-state index is -0.448. The molecule has 3 aromatic rings. The topological polar surface area (TPSA) is 98.1 Å². The summed E-state index contributed by atoms with van der Waals surface area (Å²) in [7, 11) is 0. The van der Waals surface area contributed by atoms with E-state index in [1.807, 2.05) is 18.2 Å². The average Bonchev–Trinajstić information content (AvgIpc) is 3.18. The smallest absolute Gasteiger partial charge is 0.296 e. The van der Waals surface area contributed by atoms with Gasteiger partial charge < -0.3 is 14.3 Å². The molecule has 0 bridgehead atoms. The normalized spacial score (nSPS) is 16.8. The number of para-hydroxylation sites is 1. The van der Waals surface area contributed by atoms with Crippen molar-refractivity contribution in [1.29, 1.82) is 0 Å². The summed E-state index contributed by atoms with van der Waals surface area (Å²) in [5, 5.41) is 21.5. The molecule has 24 heavy (non-hydrogen) atoms. The van der Waals surface area contributed by atoms with Gasteiger partial charge >= 0.3 is 0 Å². The Kier molecular flexibility index (Phi) is 3.19. The van der Waals surface area contributed by atoms with Gasteiger partial charge in [-0.15, -0.1) is 0 Å². The second-order valence-corrected chi connectivity index (χ2v) is 5.38. The van der Waals surface area contributed by atoms with E-state index in [4.69, 9.17) is 9.15 Å². The number of aliphatic imine (C=N–C) groups is 1. The summed E-state index contributed by atoms with van der Waals surface area (Å²) in [6.07, 6.45) is -0.353. The maximum absolute atomic E-state index is 10.7. The number of nitrogens with zero attached hydrogens (tertiary/aromatic N) is 2. The van der Waals surface area contributed by atoms with Gasteiger partial charge in [-0.1, -0.05) is 18.2 Å². The molecule has 120 valence electrons. The lowest BCUT2D eigenvalue weighted by molar-refractivity contribution is -0.384. The second kappa shape index (κ2) is 5.38. The fraction of sp³-hybridized carbons (Fsp3) is 0.118. The molecule has 1 aliphatic rings. The van der Waals surface area contributed by atoms with Gasteiger partial charge in [0.15, 0.2) is 0 Å². The maximum atomic E-state index is 10.7. The zero-order chi connectivity index (χ0) is 16.7. The molecule has 7 heteroatoms. The van der Waals surface area contributed by atoms with Gasteiger partial charge in [0.05, 0.1) is 11.5 Å². The quantitative estimate of drug-likeness (QED) is 0.586. The molecule has 0 saturated carbocycles. The third kappa shape index (κ3) is 2.26. The molecule has 0 fully saturated rings. The van der Waals surface area contributed by atoms with Crippen LogP contribution in [0.1, 0.15) is 17.2 Å². The molecule has 7 nitrogen and oxygen atoms in total. The number of benzene rings is 2. The van der Waals surface area contributed by atoms with E-state index in [1.165, 1.54) is 12.1 Å². The molecule has 0 spiro atoms. The molecule has 1 aromatic heterocycles. The third-order valence-electron chi connectivity index (χ3n) is 3.92. The molecular weight excluding hydrogens is 312 g/mol. The SMILES string of the molecule is O=[N+]([O-])c1ccc(C2CN=C(c3c(O)oc4ccccc34)O2)cc1. The Bertz CT molecular complexity index is 959. The van der Waals surface area contributed by atoms with Crippen molar-refractivity contribution in [3.63, 3.8) is 0 Å². The van der Waals surface area contributed by atoms with E-state index in [0.29, 0.717) is 23.6 Å². The molecule has 0 aliphatic carbocycles. The Hall–Kier alpha value is -3.35. The fourth-order valence-corrected chi connectivity index (χ4v) is 2.74. The van der Waals surface area contributed by atoms with Crippen LogP contribution in [-0.2, 0) is 4.74 Å². The van der Waals surface area contributed by atoms with E-state index in [1.54, 1.807) is 18.2 Å². The fourth-order valence-electron chi connectivity index (χ4n) is 2.74. The van der Waals surface area contributed by atoms with Gasteiger partial charge in [0.2, 0.25) is 5.90 Å². The lowest BCUT2D eigenvalue weighted by atomic mass is 10.1. The number of ether oxygens (including phenoxy) is 1. The standard InChI is InChI=1S/C17H12N2O5/c20-17-15(12-3-1-2-4-13(12)24-17)16-18-9-14(23-16)10-5-7-11(8-6-10)19(21)22/h1-8,14,20H,9H2. The van der Waals surface area contributed by atoms with Crippen LogP contribution < -0.4 is 0 Å². The first-order valence-electron chi connectivity index (χ1n) is 7.30. The minimum absolute atomic E-state index is 0.0244. The van der Waals surface area contributed by atoms with E-state index in [-0.39, 0.29) is 17.7 Å². The van der Waals surface area contributed by atoms with Crippen molar-refractivity contribution in [2.24, 2.45) is 4.99 Å². The van der Waals surface area contributed by atoms with Crippen molar-refractivity contribution in [3.05, 3.63) is 69.8 Å². The van der Waals surface area contributed by atoms with Crippen LogP contribution in [0.3, 0.4) is 0 Å². The Morgan fingerprint density at radius 2 is 1.92 bits per heavy atom. The number of fused-ring (bicyclic) bond motifs is 1.